The monoisotopic (exact) mass is 304 g/mol. The number of cyclic esters (lactones) is 1. The van der Waals surface area contributed by atoms with Gasteiger partial charge in [-0.15, -0.1) is 0 Å². The number of rotatable bonds is 4. The van der Waals surface area contributed by atoms with Crippen LogP contribution >= 0.6 is 0 Å². The lowest BCUT2D eigenvalue weighted by Gasteiger charge is -2.38. The van der Waals surface area contributed by atoms with Crippen LogP contribution < -0.4 is 5.32 Å². The van der Waals surface area contributed by atoms with Gasteiger partial charge in [-0.25, -0.2) is 12.7 Å². The number of sulfonamides is 1. The van der Waals surface area contributed by atoms with Crippen LogP contribution in [0, 0.1) is 5.92 Å². The molecule has 7 heteroatoms. The molecule has 0 bridgehead atoms. The van der Waals surface area contributed by atoms with Crippen LogP contribution in [0.1, 0.15) is 33.1 Å². The van der Waals surface area contributed by atoms with Crippen molar-refractivity contribution in [2.75, 3.05) is 19.3 Å². The second-order valence-corrected chi connectivity index (χ2v) is 7.87. The molecule has 2 aliphatic heterocycles. The molecule has 0 aromatic heterocycles. The number of hydrogen-bond acceptors (Lipinski definition) is 5. The van der Waals surface area contributed by atoms with Crippen molar-refractivity contribution in [2.45, 2.75) is 51.3 Å². The highest BCUT2D eigenvalue weighted by atomic mass is 32.2. The van der Waals surface area contributed by atoms with Crippen molar-refractivity contribution >= 4 is 16.0 Å². The quantitative estimate of drug-likeness (QED) is 0.758. The molecule has 2 rings (SSSR count). The van der Waals surface area contributed by atoms with Gasteiger partial charge < -0.3 is 10.1 Å². The summed E-state index contributed by atoms with van der Waals surface area (Å²) in [6.45, 7) is 5.00. The molecular formula is C13H24N2O4S. The second kappa shape index (κ2) is 5.99. The van der Waals surface area contributed by atoms with E-state index < -0.39 is 10.0 Å². The molecule has 0 radical (unpaired) electrons. The highest BCUT2D eigenvalue weighted by molar-refractivity contribution is 7.88. The fourth-order valence-electron chi connectivity index (χ4n) is 3.08. The first-order valence-corrected chi connectivity index (χ1v) is 9.07. The van der Waals surface area contributed by atoms with Crippen molar-refractivity contribution in [3.8, 4) is 0 Å². The fraction of sp³-hybridized carbons (Fsp3) is 0.923. The van der Waals surface area contributed by atoms with Gasteiger partial charge in [-0.1, -0.05) is 13.3 Å². The van der Waals surface area contributed by atoms with E-state index in [2.05, 4.69) is 12.2 Å². The zero-order chi connectivity index (χ0) is 14.9. The van der Waals surface area contributed by atoms with E-state index in [4.69, 9.17) is 4.74 Å². The van der Waals surface area contributed by atoms with Crippen LogP contribution in [-0.2, 0) is 19.6 Å². The number of piperidine rings is 1. The van der Waals surface area contributed by atoms with Crippen LogP contribution in [0.15, 0.2) is 0 Å². The molecule has 2 saturated heterocycles. The number of esters is 1. The smallest absolute Gasteiger partial charge is 0.323 e. The first-order chi connectivity index (χ1) is 9.31. The van der Waals surface area contributed by atoms with E-state index in [0.29, 0.717) is 19.5 Å². The number of ether oxygens (including phenoxy) is 1. The molecule has 1 N–H and O–H groups in total. The molecular weight excluding hydrogens is 280 g/mol. The van der Waals surface area contributed by atoms with Crippen molar-refractivity contribution in [2.24, 2.45) is 5.92 Å². The van der Waals surface area contributed by atoms with Crippen LogP contribution in [0.4, 0.5) is 0 Å². The Balaban J connectivity index is 1.98. The number of nitrogens with one attached hydrogen (secondary N) is 1. The maximum atomic E-state index is 11.7. The number of hydrogen-bond donors (Lipinski definition) is 1. The van der Waals surface area contributed by atoms with Crippen molar-refractivity contribution in [1.29, 1.82) is 0 Å². The lowest BCUT2D eigenvalue weighted by molar-refractivity contribution is -0.142. The molecule has 0 aliphatic carbocycles. The Morgan fingerprint density at radius 1 is 1.45 bits per heavy atom. The zero-order valence-corrected chi connectivity index (χ0v) is 13.1. The molecule has 2 heterocycles. The molecule has 4 unspecified atom stereocenters. The topological polar surface area (TPSA) is 75.7 Å². The average molecular weight is 304 g/mol. The lowest BCUT2D eigenvalue weighted by atomic mass is 9.90. The molecule has 0 saturated carbocycles. The Morgan fingerprint density at radius 3 is 2.65 bits per heavy atom. The molecule has 0 amide bonds. The summed E-state index contributed by atoms with van der Waals surface area (Å²) in [5, 5.41) is 3.37. The Bertz CT molecular complexity index is 465. The predicted octanol–water partition coefficient (Wildman–Crippen LogP) is 0.340. The minimum absolute atomic E-state index is 0.0313. The molecule has 6 nitrogen and oxygen atoms in total. The van der Waals surface area contributed by atoms with Gasteiger partial charge in [-0.3, -0.25) is 4.79 Å². The van der Waals surface area contributed by atoms with Crippen molar-refractivity contribution in [1.82, 2.24) is 9.62 Å². The van der Waals surface area contributed by atoms with E-state index in [1.807, 2.05) is 6.92 Å². The van der Waals surface area contributed by atoms with E-state index in [9.17, 15) is 13.2 Å². The SMILES string of the molecule is CCC1CN(S(C)(=O)=O)CCC1NC1CC(C)OC1=O. The van der Waals surface area contributed by atoms with E-state index in [-0.39, 0.29) is 30.1 Å². The van der Waals surface area contributed by atoms with Gasteiger partial charge in [0.1, 0.15) is 12.1 Å². The second-order valence-electron chi connectivity index (χ2n) is 5.89. The van der Waals surface area contributed by atoms with Crippen LogP contribution in [-0.4, -0.2) is 56.2 Å². The van der Waals surface area contributed by atoms with Gasteiger partial charge >= 0.3 is 5.97 Å². The predicted molar refractivity (Wildman–Crippen MR) is 75.7 cm³/mol. The summed E-state index contributed by atoms with van der Waals surface area (Å²) in [6, 6.07) is -0.0605. The third-order valence-corrected chi connectivity index (χ3v) is 5.54. The Hall–Kier alpha value is -0.660. The maximum Gasteiger partial charge on any atom is 0.323 e. The van der Waals surface area contributed by atoms with Crippen LogP contribution in [0.3, 0.4) is 0 Å². The van der Waals surface area contributed by atoms with E-state index >= 15 is 0 Å². The van der Waals surface area contributed by atoms with Gasteiger partial charge in [0, 0.05) is 25.6 Å². The normalized spacial score (nSPS) is 36.0. The molecule has 2 fully saturated rings. The van der Waals surface area contributed by atoms with Crippen LogP contribution in [0.2, 0.25) is 0 Å². The van der Waals surface area contributed by atoms with Gasteiger partial charge in [0.15, 0.2) is 0 Å². The summed E-state index contributed by atoms with van der Waals surface area (Å²) in [6.07, 6.45) is 3.55. The Kier molecular flexibility index (Phi) is 4.71. The first-order valence-electron chi connectivity index (χ1n) is 7.23. The number of carbonyl (C=O) groups is 1. The summed E-state index contributed by atoms with van der Waals surface area (Å²) in [5.41, 5.74) is 0. The summed E-state index contributed by atoms with van der Waals surface area (Å²) in [5.74, 6) is 0.0556. The van der Waals surface area contributed by atoms with Crippen molar-refractivity contribution < 1.29 is 17.9 Å². The third-order valence-electron chi connectivity index (χ3n) is 4.27. The van der Waals surface area contributed by atoms with Gasteiger partial charge in [0.05, 0.1) is 6.26 Å². The minimum atomic E-state index is -3.13. The summed E-state index contributed by atoms with van der Waals surface area (Å²) < 4.78 is 29.9. The molecule has 0 aromatic rings. The van der Waals surface area contributed by atoms with Crippen molar-refractivity contribution in [3.63, 3.8) is 0 Å². The van der Waals surface area contributed by atoms with Gasteiger partial charge in [-0.05, 0) is 19.3 Å². The maximum absolute atomic E-state index is 11.7. The van der Waals surface area contributed by atoms with Crippen LogP contribution in [0.5, 0.6) is 0 Å². The minimum Gasteiger partial charge on any atom is -0.461 e. The summed E-state index contributed by atoms with van der Waals surface area (Å²) in [7, 11) is -3.13. The van der Waals surface area contributed by atoms with Gasteiger partial charge in [0.2, 0.25) is 10.0 Å². The zero-order valence-electron chi connectivity index (χ0n) is 12.3. The van der Waals surface area contributed by atoms with E-state index in [1.165, 1.54) is 10.6 Å². The first kappa shape index (κ1) is 15.7. The molecule has 0 spiro atoms. The average Bonchev–Trinajstić information content (AvgIpc) is 2.67. The largest absolute Gasteiger partial charge is 0.461 e. The lowest BCUT2D eigenvalue weighted by Crippen LogP contribution is -2.53. The Labute approximate surface area is 120 Å². The Morgan fingerprint density at radius 2 is 2.15 bits per heavy atom. The number of nitrogens with zero attached hydrogens (tertiary/aromatic N) is 1. The highest BCUT2D eigenvalue weighted by Crippen LogP contribution is 2.24. The van der Waals surface area contributed by atoms with E-state index in [1.54, 1.807) is 0 Å². The molecule has 0 aromatic carbocycles. The molecule has 116 valence electrons. The molecule has 20 heavy (non-hydrogen) atoms. The standard InChI is InChI=1S/C13H24N2O4S/c1-4-10-8-15(20(3,17)18)6-5-11(10)14-12-7-9(2)19-13(12)16/h9-12,14H,4-8H2,1-3H3. The molecule has 2 aliphatic rings. The third kappa shape index (κ3) is 3.51. The molecule has 4 atom stereocenters. The van der Waals surface area contributed by atoms with Crippen LogP contribution in [0.25, 0.3) is 0 Å². The summed E-state index contributed by atoms with van der Waals surface area (Å²) >= 11 is 0. The number of carbonyl (C=O) groups excluding carboxylic acids is 1. The highest BCUT2D eigenvalue weighted by Gasteiger charge is 2.38. The van der Waals surface area contributed by atoms with E-state index in [0.717, 1.165) is 12.8 Å². The van der Waals surface area contributed by atoms with Gasteiger partial charge in [0.25, 0.3) is 0 Å². The summed E-state index contributed by atoms with van der Waals surface area (Å²) in [4.78, 5) is 11.7. The van der Waals surface area contributed by atoms with Gasteiger partial charge in [-0.2, -0.15) is 0 Å². The fourth-order valence-corrected chi connectivity index (χ4v) is 3.98. The van der Waals surface area contributed by atoms with Crippen molar-refractivity contribution in [3.05, 3.63) is 0 Å².